The van der Waals surface area contributed by atoms with Crippen LogP contribution in [0.3, 0.4) is 0 Å². The number of aliphatic hydroxyl groups is 1. The maximum Gasteiger partial charge on any atom is 0.353 e. The van der Waals surface area contributed by atoms with E-state index in [1.54, 1.807) is 0 Å². The fourth-order valence-corrected chi connectivity index (χ4v) is 2.77. The molecule has 0 aromatic heterocycles. The monoisotopic (exact) mass is 277 g/mol. The zero-order valence-electron chi connectivity index (χ0n) is 8.96. The van der Waals surface area contributed by atoms with E-state index in [0.717, 1.165) is 0 Å². The maximum absolute atomic E-state index is 11.0. The Labute approximate surface area is 93.2 Å². The molecule has 0 amide bonds. The second kappa shape index (κ2) is 5.71. The predicted molar refractivity (Wildman–Crippen MR) is 56.8 cm³/mol. The van der Waals surface area contributed by atoms with E-state index < -0.39 is 26.8 Å². The number of aliphatic hydroxyl groups excluding tert-OH is 1. The molecule has 0 aliphatic heterocycles. The van der Waals surface area contributed by atoms with Crippen molar-refractivity contribution in [2.45, 2.75) is 24.5 Å². The van der Waals surface area contributed by atoms with Crippen molar-refractivity contribution in [3.05, 3.63) is 0 Å². The zero-order valence-corrected chi connectivity index (χ0v) is 10.8. The lowest BCUT2D eigenvalue weighted by atomic mass is 10.3. The van der Waals surface area contributed by atoms with Crippen molar-refractivity contribution in [3.63, 3.8) is 0 Å². The highest BCUT2D eigenvalue weighted by Gasteiger charge is 2.34. The van der Waals surface area contributed by atoms with Gasteiger partial charge in [-0.2, -0.15) is 0 Å². The molecule has 0 radical (unpaired) electrons. The first-order valence-corrected chi connectivity index (χ1v) is 7.77. The van der Waals surface area contributed by atoms with Gasteiger partial charge in [-0.05, 0) is 26.9 Å². The summed E-state index contributed by atoms with van der Waals surface area (Å²) in [6.07, 6.45) is -0.582. The standard InChI is InChI=1S/C6H17NO7P2/c1-7(2)5(15(9,10)11)3-4-6(8)16(12,13)14/h5-6,8H,3-4H2,1-2H3,(H2,9,10,11)(H2,12,13,14). The van der Waals surface area contributed by atoms with Crippen molar-refractivity contribution in [1.29, 1.82) is 0 Å². The minimum atomic E-state index is -4.61. The van der Waals surface area contributed by atoms with Crippen molar-refractivity contribution < 1.29 is 33.8 Å². The minimum Gasteiger partial charge on any atom is -0.380 e. The zero-order chi connectivity index (χ0) is 13.1. The molecule has 0 saturated heterocycles. The lowest BCUT2D eigenvalue weighted by molar-refractivity contribution is 0.179. The predicted octanol–water partition coefficient (Wildman–Crippen LogP) is -0.672. The topological polar surface area (TPSA) is 139 Å². The summed E-state index contributed by atoms with van der Waals surface area (Å²) in [4.78, 5) is 36.4. The summed E-state index contributed by atoms with van der Waals surface area (Å²) in [5.74, 6) is -3.05. The van der Waals surface area contributed by atoms with Gasteiger partial charge in [0.2, 0.25) is 0 Å². The Morgan fingerprint density at radius 3 is 1.69 bits per heavy atom. The Balaban J connectivity index is 4.48. The molecule has 0 saturated carbocycles. The van der Waals surface area contributed by atoms with Gasteiger partial charge in [-0.1, -0.05) is 0 Å². The summed E-state index contributed by atoms with van der Waals surface area (Å²) in [7, 11) is -6.11. The van der Waals surface area contributed by atoms with E-state index >= 15 is 0 Å². The molecule has 0 aromatic rings. The van der Waals surface area contributed by atoms with Gasteiger partial charge in [-0.3, -0.25) is 14.0 Å². The highest BCUT2D eigenvalue weighted by Crippen LogP contribution is 2.47. The Bertz CT molecular complexity index is 308. The van der Waals surface area contributed by atoms with Crippen molar-refractivity contribution in [3.8, 4) is 0 Å². The average molecular weight is 277 g/mol. The summed E-state index contributed by atoms with van der Waals surface area (Å²) >= 11 is 0. The lowest BCUT2D eigenvalue weighted by Crippen LogP contribution is -2.29. The second-order valence-corrected chi connectivity index (χ2v) is 7.23. The van der Waals surface area contributed by atoms with Gasteiger partial charge in [0, 0.05) is 0 Å². The van der Waals surface area contributed by atoms with Crippen LogP contribution < -0.4 is 0 Å². The summed E-state index contributed by atoms with van der Waals surface area (Å²) in [5.41, 5.74) is 0. The van der Waals surface area contributed by atoms with Crippen LogP contribution in [0, 0.1) is 0 Å². The van der Waals surface area contributed by atoms with Gasteiger partial charge in [-0.15, -0.1) is 0 Å². The van der Waals surface area contributed by atoms with Crippen molar-refractivity contribution in [2.75, 3.05) is 14.1 Å². The smallest absolute Gasteiger partial charge is 0.353 e. The molecule has 0 aliphatic rings. The van der Waals surface area contributed by atoms with Crippen LogP contribution in [0.4, 0.5) is 0 Å². The van der Waals surface area contributed by atoms with Gasteiger partial charge >= 0.3 is 15.2 Å². The fourth-order valence-electron chi connectivity index (χ4n) is 1.19. The van der Waals surface area contributed by atoms with Crippen LogP contribution in [0.25, 0.3) is 0 Å². The molecular weight excluding hydrogens is 260 g/mol. The molecule has 10 heteroatoms. The van der Waals surface area contributed by atoms with Gasteiger partial charge in [0.05, 0.1) is 0 Å². The van der Waals surface area contributed by atoms with E-state index in [9.17, 15) is 9.13 Å². The molecule has 0 heterocycles. The normalized spacial score (nSPS) is 17.5. The number of hydrogen-bond donors (Lipinski definition) is 5. The summed E-state index contributed by atoms with van der Waals surface area (Å²) in [6, 6.07) is 0. The molecule has 0 aliphatic carbocycles. The SMILES string of the molecule is CN(C)C(CCC(O)P(=O)(O)O)P(=O)(O)O. The first kappa shape index (κ1) is 16.2. The first-order chi connectivity index (χ1) is 6.96. The van der Waals surface area contributed by atoms with Crippen LogP contribution in [0.1, 0.15) is 12.8 Å². The molecule has 16 heavy (non-hydrogen) atoms. The number of hydrogen-bond acceptors (Lipinski definition) is 4. The van der Waals surface area contributed by atoms with Crippen LogP contribution in [-0.4, -0.2) is 55.3 Å². The summed E-state index contributed by atoms with van der Waals surface area (Å²) in [5, 5.41) is 9.05. The highest BCUT2D eigenvalue weighted by atomic mass is 31.2. The van der Waals surface area contributed by atoms with Crippen molar-refractivity contribution >= 4 is 15.2 Å². The lowest BCUT2D eigenvalue weighted by Gasteiger charge is -2.25. The molecule has 5 N–H and O–H groups in total. The molecule has 0 spiro atoms. The molecule has 98 valence electrons. The Kier molecular flexibility index (Phi) is 5.79. The molecule has 0 aromatic carbocycles. The van der Waals surface area contributed by atoms with Gasteiger partial charge in [0.1, 0.15) is 5.78 Å². The minimum absolute atomic E-state index is 0.205. The van der Waals surface area contributed by atoms with Gasteiger partial charge < -0.3 is 24.7 Å². The van der Waals surface area contributed by atoms with Crippen LogP contribution >= 0.6 is 15.2 Å². The third-order valence-electron chi connectivity index (χ3n) is 2.06. The van der Waals surface area contributed by atoms with Crippen LogP contribution in [0.2, 0.25) is 0 Å². The van der Waals surface area contributed by atoms with E-state index in [0.29, 0.717) is 0 Å². The first-order valence-electron chi connectivity index (χ1n) is 4.41. The van der Waals surface area contributed by atoms with Crippen LogP contribution in [0.5, 0.6) is 0 Å². The molecule has 8 nitrogen and oxygen atoms in total. The van der Waals surface area contributed by atoms with Crippen LogP contribution in [0.15, 0.2) is 0 Å². The van der Waals surface area contributed by atoms with Gasteiger partial charge in [-0.25, -0.2) is 0 Å². The molecule has 2 atom stereocenters. The van der Waals surface area contributed by atoms with Gasteiger partial charge in [0.15, 0.2) is 5.85 Å². The molecule has 2 unspecified atom stereocenters. The summed E-state index contributed by atoms with van der Waals surface area (Å²) in [6.45, 7) is 0. The number of nitrogens with zero attached hydrogens (tertiary/aromatic N) is 1. The van der Waals surface area contributed by atoms with E-state index in [-0.39, 0.29) is 12.8 Å². The van der Waals surface area contributed by atoms with Crippen LogP contribution in [-0.2, 0) is 9.13 Å². The quantitative estimate of drug-likeness (QED) is 0.403. The Hall–Kier alpha value is 0.220. The Morgan fingerprint density at radius 1 is 1.00 bits per heavy atom. The highest BCUT2D eigenvalue weighted by molar-refractivity contribution is 7.52. The Morgan fingerprint density at radius 2 is 1.44 bits per heavy atom. The second-order valence-electron chi connectivity index (χ2n) is 3.68. The van der Waals surface area contributed by atoms with E-state index in [2.05, 4.69) is 0 Å². The molecular formula is C6H17NO7P2. The average Bonchev–Trinajstić information content (AvgIpc) is 1.98. The van der Waals surface area contributed by atoms with Gasteiger partial charge in [0.25, 0.3) is 0 Å². The molecule has 0 rings (SSSR count). The van der Waals surface area contributed by atoms with Crippen molar-refractivity contribution in [1.82, 2.24) is 4.90 Å². The number of rotatable bonds is 6. The van der Waals surface area contributed by atoms with E-state index in [1.165, 1.54) is 19.0 Å². The van der Waals surface area contributed by atoms with Crippen molar-refractivity contribution in [2.24, 2.45) is 0 Å². The van der Waals surface area contributed by atoms with E-state index in [1.807, 2.05) is 0 Å². The molecule has 0 bridgehead atoms. The van der Waals surface area contributed by atoms with E-state index in [4.69, 9.17) is 24.7 Å². The maximum atomic E-state index is 11.0. The largest absolute Gasteiger partial charge is 0.380 e. The summed E-state index contributed by atoms with van der Waals surface area (Å²) < 4.78 is 21.6. The third-order valence-corrected chi connectivity index (χ3v) is 4.59. The third kappa shape index (κ3) is 5.52. The molecule has 0 fully saturated rings. The fraction of sp³-hybridized carbons (Fsp3) is 1.00.